The van der Waals surface area contributed by atoms with Crippen molar-refractivity contribution in [1.82, 2.24) is 15.0 Å². The Balaban J connectivity index is 1.89. The maximum atomic E-state index is 13.1. The summed E-state index contributed by atoms with van der Waals surface area (Å²) in [4.78, 5) is 13.4. The minimum atomic E-state index is -0.256. The van der Waals surface area contributed by atoms with Crippen LogP contribution in [-0.2, 0) is 6.42 Å². The zero-order valence-corrected chi connectivity index (χ0v) is 14.5. The predicted molar refractivity (Wildman–Crippen MR) is 99.6 cm³/mol. The molecular weight excluding hydrogens is 315 g/mol. The molecule has 4 nitrogen and oxygen atoms in total. The quantitative estimate of drug-likeness (QED) is 0.621. The first-order chi connectivity index (χ1) is 12.2. The topological polar surface area (TPSA) is 64.7 Å². The molecule has 5 heteroatoms. The molecule has 3 aromatic rings. The molecule has 25 heavy (non-hydrogen) atoms. The van der Waals surface area contributed by atoms with Gasteiger partial charge in [0.05, 0.1) is 16.9 Å². The molecule has 0 aliphatic heterocycles. The largest absolute Gasteiger partial charge is 0.368 e. The Labute approximate surface area is 147 Å². The summed E-state index contributed by atoms with van der Waals surface area (Å²) in [6, 6.07) is 10.1. The molecular formula is C20H23FN4. The molecule has 130 valence electrons. The number of unbranched alkanes of at least 4 members (excludes halogenated alkanes) is 4. The first-order valence-electron chi connectivity index (χ1n) is 8.86. The highest BCUT2D eigenvalue weighted by Crippen LogP contribution is 2.23. The van der Waals surface area contributed by atoms with Crippen LogP contribution in [0.5, 0.6) is 0 Å². The number of anilines is 1. The molecule has 0 unspecified atom stereocenters. The van der Waals surface area contributed by atoms with E-state index < -0.39 is 0 Å². The summed E-state index contributed by atoms with van der Waals surface area (Å²) in [6.07, 6.45) is 6.81. The number of fused-ring (bicyclic) bond motifs is 1. The summed E-state index contributed by atoms with van der Waals surface area (Å²) >= 11 is 0. The first-order valence-corrected chi connectivity index (χ1v) is 8.86. The number of pyridine rings is 1. The zero-order chi connectivity index (χ0) is 17.6. The Kier molecular flexibility index (Phi) is 5.53. The highest BCUT2D eigenvalue weighted by molar-refractivity contribution is 5.80. The second-order valence-electron chi connectivity index (χ2n) is 6.26. The van der Waals surface area contributed by atoms with Crippen LogP contribution in [-0.4, -0.2) is 15.0 Å². The van der Waals surface area contributed by atoms with E-state index in [0.29, 0.717) is 0 Å². The molecule has 0 saturated carbocycles. The SMILES string of the molecule is CCCCCCCc1nc(N)nc2ccc(-c3ccc(F)cc3)nc12. The Morgan fingerprint density at radius 1 is 0.880 bits per heavy atom. The van der Waals surface area contributed by atoms with Gasteiger partial charge in [-0.1, -0.05) is 32.6 Å². The maximum absolute atomic E-state index is 13.1. The van der Waals surface area contributed by atoms with Gasteiger partial charge in [0.15, 0.2) is 0 Å². The van der Waals surface area contributed by atoms with Crippen molar-refractivity contribution in [3.63, 3.8) is 0 Å². The lowest BCUT2D eigenvalue weighted by molar-refractivity contribution is 0.628. The third-order valence-corrected chi connectivity index (χ3v) is 4.29. The van der Waals surface area contributed by atoms with Gasteiger partial charge in [0, 0.05) is 5.56 Å². The third-order valence-electron chi connectivity index (χ3n) is 4.29. The van der Waals surface area contributed by atoms with Crippen molar-refractivity contribution in [2.24, 2.45) is 0 Å². The van der Waals surface area contributed by atoms with Gasteiger partial charge in [-0.15, -0.1) is 0 Å². The van der Waals surface area contributed by atoms with Crippen molar-refractivity contribution in [3.05, 3.63) is 47.9 Å². The van der Waals surface area contributed by atoms with Gasteiger partial charge in [-0.3, -0.25) is 0 Å². The number of nitrogens with two attached hydrogens (primary N) is 1. The summed E-state index contributed by atoms with van der Waals surface area (Å²) in [5, 5.41) is 0. The first kappa shape index (κ1) is 17.3. The predicted octanol–water partition coefficient (Wildman–Crippen LogP) is 4.93. The van der Waals surface area contributed by atoms with Crippen molar-refractivity contribution < 1.29 is 4.39 Å². The highest BCUT2D eigenvalue weighted by Gasteiger charge is 2.10. The zero-order valence-electron chi connectivity index (χ0n) is 14.5. The van der Waals surface area contributed by atoms with E-state index in [4.69, 9.17) is 10.7 Å². The molecule has 0 spiro atoms. The normalized spacial score (nSPS) is 11.1. The number of benzene rings is 1. The summed E-state index contributed by atoms with van der Waals surface area (Å²) < 4.78 is 13.1. The van der Waals surface area contributed by atoms with Gasteiger partial charge in [-0.05, 0) is 49.2 Å². The molecule has 0 fully saturated rings. The smallest absolute Gasteiger partial charge is 0.220 e. The van der Waals surface area contributed by atoms with Crippen molar-refractivity contribution in [2.75, 3.05) is 5.73 Å². The molecule has 0 atom stereocenters. The average molecular weight is 338 g/mol. The van der Waals surface area contributed by atoms with Crippen LogP contribution in [0.1, 0.15) is 44.7 Å². The molecule has 1 aromatic carbocycles. The number of halogens is 1. The minimum absolute atomic E-state index is 0.256. The summed E-state index contributed by atoms with van der Waals surface area (Å²) in [5.74, 6) is 0.0285. The average Bonchev–Trinajstić information content (AvgIpc) is 2.62. The van der Waals surface area contributed by atoms with E-state index in [0.717, 1.165) is 40.8 Å². The molecule has 0 amide bonds. The van der Waals surface area contributed by atoms with E-state index in [2.05, 4.69) is 16.9 Å². The molecule has 0 aliphatic rings. The number of hydrogen-bond acceptors (Lipinski definition) is 4. The van der Waals surface area contributed by atoms with Crippen LogP contribution < -0.4 is 5.73 Å². The Morgan fingerprint density at radius 3 is 2.40 bits per heavy atom. The van der Waals surface area contributed by atoms with E-state index in [1.165, 1.54) is 37.8 Å². The Bertz CT molecular complexity index is 846. The van der Waals surface area contributed by atoms with Crippen LogP contribution in [0.25, 0.3) is 22.3 Å². The standard InChI is InChI=1S/C20H23FN4/c1-2-3-4-5-6-7-17-19-18(25-20(22)24-17)13-12-16(23-19)14-8-10-15(21)11-9-14/h8-13H,2-7H2,1H3,(H2,22,24,25). The molecule has 0 saturated heterocycles. The molecule has 0 radical (unpaired) electrons. The molecule has 2 N–H and O–H groups in total. The second-order valence-corrected chi connectivity index (χ2v) is 6.26. The molecule has 2 aromatic heterocycles. The number of aryl methyl sites for hydroxylation is 1. The number of hydrogen-bond donors (Lipinski definition) is 1. The van der Waals surface area contributed by atoms with Crippen molar-refractivity contribution in [3.8, 4) is 11.3 Å². The van der Waals surface area contributed by atoms with E-state index in [1.807, 2.05) is 12.1 Å². The van der Waals surface area contributed by atoms with Crippen LogP contribution in [0.2, 0.25) is 0 Å². The van der Waals surface area contributed by atoms with Gasteiger partial charge in [0.2, 0.25) is 5.95 Å². The van der Waals surface area contributed by atoms with Crippen molar-refractivity contribution in [1.29, 1.82) is 0 Å². The molecule has 3 rings (SSSR count). The van der Waals surface area contributed by atoms with Crippen LogP contribution >= 0.6 is 0 Å². The van der Waals surface area contributed by atoms with E-state index >= 15 is 0 Å². The molecule has 0 bridgehead atoms. The van der Waals surface area contributed by atoms with Crippen LogP contribution in [0.4, 0.5) is 10.3 Å². The van der Waals surface area contributed by atoms with Crippen LogP contribution in [0.15, 0.2) is 36.4 Å². The van der Waals surface area contributed by atoms with Crippen LogP contribution in [0.3, 0.4) is 0 Å². The minimum Gasteiger partial charge on any atom is -0.368 e. The van der Waals surface area contributed by atoms with Crippen molar-refractivity contribution in [2.45, 2.75) is 45.4 Å². The fourth-order valence-corrected chi connectivity index (χ4v) is 2.95. The number of nitrogens with zero attached hydrogens (tertiary/aromatic N) is 3. The summed E-state index contributed by atoms with van der Waals surface area (Å²) in [7, 11) is 0. The van der Waals surface area contributed by atoms with E-state index in [1.54, 1.807) is 12.1 Å². The maximum Gasteiger partial charge on any atom is 0.220 e. The summed E-state index contributed by atoms with van der Waals surface area (Å²) in [5.41, 5.74) is 9.93. The highest BCUT2D eigenvalue weighted by atomic mass is 19.1. The Morgan fingerprint density at radius 2 is 1.64 bits per heavy atom. The number of rotatable bonds is 7. The van der Waals surface area contributed by atoms with Crippen LogP contribution in [0, 0.1) is 5.82 Å². The fourth-order valence-electron chi connectivity index (χ4n) is 2.95. The van der Waals surface area contributed by atoms with Gasteiger partial charge < -0.3 is 5.73 Å². The van der Waals surface area contributed by atoms with E-state index in [-0.39, 0.29) is 11.8 Å². The third kappa shape index (κ3) is 4.29. The van der Waals surface area contributed by atoms with Crippen molar-refractivity contribution >= 4 is 17.0 Å². The lowest BCUT2D eigenvalue weighted by Gasteiger charge is -2.08. The van der Waals surface area contributed by atoms with Gasteiger partial charge >= 0.3 is 0 Å². The lowest BCUT2D eigenvalue weighted by Crippen LogP contribution is -2.03. The lowest BCUT2D eigenvalue weighted by atomic mass is 10.1. The monoisotopic (exact) mass is 338 g/mol. The van der Waals surface area contributed by atoms with Gasteiger partial charge in [0.1, 0.15) is 11.3 Å². The molecule has 0 aliphatic carbocycles. The summed E-state index contributed by atoms with van der Waals surface area (Å²) in [6.45, 7) is 2.21. The molecule has 2 heterocycles. The number of aromatic nitrogens is 3. The van der Waals surface area contributed by atoms with Gasteiger partial charge in [0.25, 0.3) is 0 Å². The van der Waals surface area contributed by atoms with Gasteiger partial charge in [-0.25, -0.2) is 19.3 Å². The Hall–Kier alpha value is -2.56. The fraction of sp³-hybridized carbons (Fsp3) is 0.350. The number of nitrogen functional groups attached to an aromatic ring is 1. The van der Waals surface area contributed by atoms with E-state index in [9.17, 15) is 4.39 Å². The van der Waals surface area contributed by atoms with Gasteiger partial charge in [-0.2, -0.15) is 0 Å². The second kappa shape index (κ2) is 8.01.